The first kappa shape index (κ1) is 24.7. The molecule has 180 valence electrons. The van der Waals surface area contributed by atoms with Crippen molar-refractivity contribution in [1.29, 1.82) is 0 Å². The van der Waals surface area contributed by atoms with Crippen LogP contribution in [-0.2, 0) is 52.3 Å². The summed E-state index contributed by atoms with van der Waals surface area (Å²) in [5, 5.41) is -0.323. The number of carbonyl (C=O) groups is 4. The number of carbonyl (C=O) groups excluding carboxylic acids is 4. The molecular formula is C20H28O11S. The van der Waals surface area contributed by atoms with Crippen LogP contribution in [-0.4, -0.2) is 84.1 Å². The van der Waals surface area contributed by atoms with Gasteiger partial charge in [0.25, 0.3) is 0 Å². The van der Waals surface area contributed by atoms with Crippen molar-refractivity contribution in [2.45, 2.75) is 94.6 Å². The van der Waals surface area contributed by atoms with Gasteiger partial charge < -0.3 is 33.2 Å². The summed E-state index contributed by atoms with van der Waals surface area (Å²) in [5.41, 5.74) is -0.794. The molecule has 0 aliphatic carbocycles. The van der Waals surface area contributed by atoms with Gasteiger partial charge in [-0.05, 0) is 6.92 Å². The van der Waals surface area contributed by atoms with Crippen LogP contribution in [0, 0.1) is 0 Å². The highest BCUT2D eigenvalue weighted by atomic mass is 32.2. The van der Waals surface area contributed by atoms with E-state index in [1.165, 1.54) is 39.5 Å². The second-order valence-corrected chi connectivity index (χ2v) is 9.21. The van der Waals surface area contributed by atoms with E-state index in [-0.39, 0.29) is 11.4 Å². The molecule has 3 saturated heterocycles. The molecule has 0 radical (unpaired) electrons. The maximum absolute atomic E-state index is 11.8. The van der Waals surface area contributed by atoms with Crippen LogP contribution in [0.2, 0.25) is 0 Å². The van der Waals surface area contributed by atoms with Crippen LogP contribution in [0.15, 0.2) is 0 Å². The summed E-state index contributed by atoms with van der Waals surface area (Å²) in [6, 6.07) is 0. The molecule has 0 unspecified atom stereocenters. The van der Waals surface area contributed by atoms with Gasteiger partial charge in [-0.2, -0.15) is 0 Å². The Morgan fingerprint density at radius 1 is 0.781 bits per heavy atom. The smallest absolute Gasteiger partial charge is 0.303 e. The Hall–Kier alpha value is -1.89. The van der Waals surface area contributed by atoms with Gasteiger partial charge in [-0.15, -0.1) is 11.8 Å². The molecule has 0 N–H and O–H groups in total. The second kappa shape index (κ2) is 10.4. The zero-order valence-corrected chi connectivity index (χ0v) is 19.3. The average molecular weight is 477 g/mol. The predicted octanol–water partition coefficient (Wildman–Crippen LogP) is 0.705. The monoisotopic (exact) mass is 476 g/mol. The summed E-state index contributed by atoms with van der Waals surface area (Å²) in [4.78, 5) is 46.7. The highest BCUT2D eigenvalue weighted by molar-refractivity contribution is 8.00. The summed E-state index contributed by atoms with van der Waals surface area (Å²) < 4.78 is 39.2. The maximum Gasteiger partial charge on any atom is 0.303 e. The molecular weight excluding hydrogens is 448 g/mol. The van der Waals surface area contributed by atoms with E-state index in [9.17, 15) is 19.2 Å². The number of thioether (sulfide) groups is 1. The van der Waals surface area contributed by atoms with E-state index in [1.54, 1.807) is 6.92 Å². The standard InChI is InChI=1S/C20H28O11S/c1-8-16(28-10(3)22)17(29-11(4)23)18(30-12(5)24)20(26-8)32-15-6-13(27-9(2)21)14-7-25-19(15)31-14/h8,13-20H,6-7H2,1-5H3/t8-,13-,14+,15+,16+,17+,18-,19+,20-/m0/s1. The number of ether oxygens (including phenoxy) is 7. The van der Waals surface area contributed by atoms with Crippen LogP contribution in [0.1, 0.15) is 41.0 Å². The third-order valence-corrected chi connectivity index (χ3v) is 6.59. The van der Waals surface area contributed by atoms with E-state index in [1.807, 2.05) is 0 Å². The van der Waals surface area contributed by atoms with Crippen molar-refractivity contribution in [3.63, 3.8) is 0 Å². The van der Waals surface area contributed by atoms with Crippen LogP contribution in [0.4, 0.5) is 0 Å². The SMILES string of the molecule is CC(=O)O[C@@H]1[C@H](OC(C)=O)[C@H](C)O[C@@H](S[C@@H]2C[C@H](OC(C)=O)[C@H]3CO[C@@H]2O3)[C@H]1OC(C)=O. The third kappa shape index (κ3) is 5.91. The molecule has 0 aromatic carbocycles. The minimum absolute atomic E-state index is 0.291. The Morgan fingerprint density at radius 3 is 1.94 bits per heavy atom. The lowest BCUT2D eigenvalue weighted by Gasteiger charge is -2.45. The van der Waals surface area contributed by atoms with E-state index < -0.39 is 66.1 Å². The summed E-state index contributed by atoms with van der Waals surface area (Å²) >= 11 is 1.26. The molecule has 0 aromatic heterocycles. The minimum atomic E-state index is -1.08. The molecule has 0 spiro atoms. The van der Waals surface area contributed by atoms with Crippen LogP contribution < -0.4 is 0 Å². The van der Waals surface area contributed by atoms with Gasteiger partial charge in [0, 0.05) is 34.1 Å². The molecule has 9 atom stereocenters. The first-order chi connectivity index (χ1) is 15.0. The third-order valence-electron chi connectivity index (χ3n) is 5.18. The summed E-state index contributed by atoms with van der Waals surface area (Å²) in [6.45, 7) is 6.94. The fourth-order valence-electron chi connectivity index (χ4n) is 4.03. The lowest BCUT2D eigenvalue weighted by Crippen LogP contribution is -2.60. The van der Waals surface area contributed by atoms with Crippen molar-refractivity contribution < 1.29 is 52.3 Å². The Kier molecular flexibility index (Phi) is 8.01. The predicted molar refractivity (Wildman–Crippen MR) is 107 cm³/mol. The van der Waals surface area contributed by atoms with Gasteiger partial charge in [0.15, 0.2) is 24.6 Å². The van der Waals surface area contributed by atoms with Crippen molar-refractivity contribution in [3.05, 3.63) is 0 Å². The van der Waals surface area contributed by atoms with E-state index in [0.29, 0.717) is 13.0 Å². The average Bonchev–Trinajstić information content (AvgIpc) is 3.09. The molecule has 0 amide bonds. The molecule has 3 rings (SSSR count). The molecule has 12 heteroatoms. The first-order valence-electron chi connectivity index (χ1n) is 10.3. The first-order valence-corrected chi connectivity index (χ1v) is 11.3. The Bertz CT molecular complexity index is 743. The number of hydrogen-bond acceptors (Lipinski definition) is 12. The summed E-state index contributed by atoms with van der Waals surface area (Å²) in [5.74, 6) is -2.26. The van der Waals surface area contributed by atoms with Gasteiger partial charge in [0.05, 0.1) is 18.0 Å². The quantitative estimate of drug-likeness (QED) is 0.395. The maximum atomic E-state index is 11.8. The van der Waals surface area contributed by atoms with Crippen molar-refractivity contribution >= 4 is 35.6 Å². The largest absolute Gasteiger partial charge is 0.460 e. The summed E-state index contributed by atoms with van der Waals surface area (Å²) in [6.07, 6.45) is -4.74. The Balaban J connectivity index is 1.83. The van der Waals surface area contributed by atoms with Crippen LogP contribution in [0.5, 0.6) is 0 Å². The highest BCUT2D eigenvalue weighted by Crippen LogP contribution is 2.42. The van der Waals surface area contributed by atoms with Crippen LogP contribution in [0.3, 0.4) is 0 Å². The highest BCUT2D eigenvalue weighted by Gasteiger charge is 2.53. The van der Waals surface area contributed by atoms with E-state index in [0.717, 1.165) is 0 Å². The summed E-state index contributed by atoms with van der Waals surface area (Å²) in [7, 11) is 0. The molecule has 0 saturated carbocycles. The topological polar surface area (TPSA) is 133 Å². The molecule has 32 heavy (non-hydrogen) atoms. The second-order valence-electron chi connectivity index (χ2n) is 7.87. The van der Waals surface area contributed by atoms with Gasteiger partial charge >= 0.3 is 23.9 Å². The molecule has 0 aromatic rings. The number of hydrogen-bond donors (Lipinski definition) is 0. The number of fused-ring (bicyclic) bond motifs is 2. The molecule has 3 aliphatic rings. The van der Waals surface area contributed by atoms with Crippen molar-refractivity contribution in [1.82, 2.24) is 0 Å². The molecule has 3 heterocycles. The van der Waals surface area contributed by atoms with E-state index in [2.05, 4.69) is 0 Å². The van der Waals surface area contributed by atoms with Gasteiger partial charge in [0.2, 0.25) is 0 Å². The molecule has 3 aliphatic heterocycles. The molecule has 2 bridgehead atoms. The number of rotatable bonds is 6. The zero-order chi connectivity index (χ0) is 23.6. The van der Waals surface area contributed by atoms with Gasteiger partial charge in [-0.1, -0.05) is 0 Å². The van der Waals surface area contributed by atoms with Crippen molar-refractivity contribution in [2.24, 2.45) is 0 Å². The van der Waals surface area contributed by atoms with Crippen LogP contribution in [0.25, 0.3) is 0 Å². The van der Waals surface area contributed by atoms with Crippen LogP contribution >= 0.6 is 11.8 Å². The van der Waals surface area contributed by atoms with Gasteiger partial charge in [0.1, 0.15) is 17.6 Å². The van der Waals surface area contributed by atoms with Gasteiger partial charge in [-0.25, -0.2) is 0 Å². The fraction of sp³-hybridized carbons (Fsp3) is 0.800. The Labute approximate surface area is 189 Å². The van der Waals surface area contributed by atoms with Crippen molar-refractivity contribution in [3.8, 4) is 0 Å². The lowest BCUT2D eigenvalue weighted by molar-refractivity contribution is -0.229. The zero-order valence-electron chi connectivity index (χ0n) is 18.5. The van der Waals surface area contributed by atoms with Crippen molar-refractivity contribution in [2.75, 3.05) is 6.61 Å². The van der Waals surface area contributed by atoms with Gasteiger partial charge in [-0.3, -0.25) is 19.2 Å². The fourth-order valence-corrected chi connectivity index (χ4v) is 5.55. The number of esters is 4. The Morgan fingerprint density at radius 2 is 1.34 bits per heavy atom. The minimum Gasteiger partial charge on any atom is -0.460 e. The van der Waals surface area contributed by atoms with E-state index >= 15 is 0 Å². The molecule has 11 nitrogen and oxygen atoms in total. The normalized spacial score (nSPS) is 38.5. The lowest BCUT2D eigenvalue weighted by atomic mass is 10.00. The van der Waals surface area contributed by atoms with E-state index in [4.69, 9.17) is 33.2 Å². The molecule has 3 fully saturated rings.